The van der Waals surface area contributed by atoms with E-state index in [1.165, 1.54) is 33.8 Å². The monoisotopic (exact) mass is 540 g/mol. The molecular formula is C26H33ClO10. The van der Waals surface area contributed by atoms with Gasteiger partial charge in [-0.15, -0.1) is 11.6 Å². The van der Waals surface area contributed by atoms with Gasteiger partial charge >= 0.3 is 23.9 Å². The van der Waals surface area contributed by atoms with Crippen LogP contribution in [0.25, 0.3) is 0 Å². The predicted octanol–water partition coefficient (Wildman–Crippen LogP) is 1.99. The summed E-state index contributed by atoms with van der Waals surface area (Å²) < 4.78 is 29.0. The number of epoxide rings is 1. The van der Waals surface area contributed by atoms with Gasteiger partial charge in [0.25, 0.3) is 0 Å². The minimum atomic E-state index is -2.12. The Kier molecular flexibility index (Phi) is 7.01. The van der Waals surface area contributed by atoms with Gasteiger partial charge in [0.2, 0.25) is 0 Å². The van der Waals surface area contributed by atoms with E-state index in [4.69, 9.17) is 35.3 Å². The highest BCUT2D eigenvalue weighted by molar-refractivity contribution is 6.23. The van der Waals surface area contributed by atoms with Crippen LogP contribution in [0, 0.1) is 17.3 Å². The van der Waals surface area contributed by atoms with Crippen LogP contribution in [0.1, 0.15) is 47.5 Å². The Morgan fingerprint density at radius 3 is 2.27 bits per heavy atom. The van der Waals surface area contributed by atoms with Crippen molar-refractivity contribution in [1.29, 1.82) is 0 Å². The molecule has 11 heteroatoms. The summed E-state index contributed by atoms with van der Waals surface area (Å²) in [5, 5.41) is 11.3. The van der Waals surface area contributed by atoms with Gasteiger partial charge in [0.05, 0.1) is 28.9 Å². The highest BCUT2D eigenvalue weighted by Crippen LogP contribution is 2.62. The lowest BCUT2D eigenvalue weighted by Gasteiger charge is -2.56. The van der Waals surface area contributed by atoms with E-state index in [-0.39, 0.29) is 12.2 Å². The molecule has 0 radical (unpaired) electrons. The molecule has 37 heavy (non-hydrogen) atoms. The second-order valence-electron chi connectivity index (χ2n) is 10.7. The van der Waals surface area contributed by atoms with Crippen LogP contribution in [-0.2, 0) is 42.9 Å². The highest BCUT2D eigenvalue weighted by Gasteiger charge is 2.75. The number of esters is 4. The topological polar surface area (TPSA) is 138 Å². The minimum absolute atomic E-state index is 0.259. The van der Waals surface area contributed by atoms with Crippen molar-refractivity contribution in [3.8, 4) is 0 Å². The maximum atomic E-state index is 12.9. The molecule has 0 aromatic heterocycles. The molecule has 2 aliphatic carbocycles. The van der Waals surface area contributed by atoms with E-state index in [9.17, 15) is 24.3 Å². The largest absolute Gasteiger partial charge is 0.462 e. The first-order valence-electron chi connectivity index (χ1n) is 12.3. The lowest BCUT2D eigenvalue weighted by molar-refractivity contribution is -0.238. The molecule has 10 atom stereocenters. The summed E-state index contributed by atoms with van der Waals surface area (Å²) in [6, 6.07) is 0. The predicted molar refractivity (Wildman–Crippen MR) is 128 cm³/mol. The molecular weight excluding hydrogens is 508 g/mol. The van der Waals surface area contributed by atoms with Crippen LogP contribution < -0.4 is 0 Å². The number of alkyl halides is 1. The summed E-state index contributed by atoms with van der Waals surface area (Å²) in [7, 11) is 0. The minimum Gasteiger partial charge on any atom is -0.462 e. The second kappa shape index (κ2) is 9.39. The maximum absolute atomic E-state index is 12.9. The number of halogens is 1. The fourth-order valence-electron chi connectivity index (χ4n) is 6.49. The molecule has 204 valence electrons. The van der Waals surface area contributed by atoms with E-state index in [1.54, 1.807) is 13.0 Å². The highest BCUT2D eigenvalue weighted by atomic mass is 35.5. The number of ether oxygens (including phenoxy) is 5. The molecule has 3 fully saturated rings. The standard InChI is InChI=1S/C26H33ClO10/c1-12-7-8-17(34-14(3)28)24(6)18(35-15(4)29)9-10-25(11-33-25)20(24)22(36-16(5)30)26(32)13(2)23(31)37-21(26)19(12)27/h7-8,13,17-22,32H,1,9-11H2,2-6H3/b8-7+/t13-,17-,18-,19-,20+,21-,22-,24-,25-,26-/m1/s1. The molecule has 0 amide bonds. The Labute approximate surface area is 220 Å². The van der Waals surface area contributed by atoms with E-state index in [0.29, 0.717) is 12.8 Å². The first kappa shape index (κ1) is 27.6. The SMILES string of the molecule is C=C1/C=C/[C@@H](OC(C)=O)[C@@]2(C)[C@H]([C@@H](OC(C)=O)[C@@]3(O)[C@H](C)C(=O)O[C@@H]3[C@@H]1Cl)[C@@]1(CC[C@H]2OC(C)=O)CO1. The zero-order chi connectivity index (χ0) is 27.5. The third-order valence-corrected chi connectivity index (χ3v) is 8.90. The Hall–Kier alpha value is -2.43. The molecule has 0 aromatic rings. The van der Waals surface area contributed by atoms with Crippen molar-refractivity contribution in [3.63, 3.8) is 0 Å². The molecule has 2 aliphatic heterocycles. The summed E-state index contributed by atoms with van der Waals surface area (Å²) in [6.45, 7) is 11.1. The number of carbonyl (C=O) groups is 4. The third kappa shape index (κ3) is 4.36. The van der Waals surface area contributed by atoms with Crippen LogP contribution in [0.15, 0.2) is 24.3 Å². The van der Waals surface area contributed by atoms with Crippen molar-refractivity contribution in [2.75, 3.05) is 6.61 Å². The maximum Gasteiger partial charge on any atom is 0.312 e. The Morgan fingerprint density at radius 2 is 1.73 bits per heavy atom. The third-order valence-electron chi connectivity index (χ3n) is 8.39. The summed E-state index contributed by atoms with van der Waals surface area (Å²) >= 11 is 6.70. The molecule has 4 rings (SSSR count). The summed E-state index contributed by atoms with van der Waals surface area (Å²) in [5.74, 6) is -4.66. The lowest BCUT2D eigenvalue weighted by Crippen LogP contribution is -2.70. The molecule has 0 aromatic carbocycles. The number of hydrogen-bond donors (Lipinski definition) is 1. The van der Waals surface area contributed by atoms with Crippen molar-refractivity contribution in [2.45, 2.75) is 88.5 Å². The van der Waals surface area contributed by atoms with Crippen LogP contribution in [-0.4, -0.2) is 76.6 Å². The molecule has 2 saturated heterocycles. The van der Waals surface area contributed by atoms with Crippen molar-refractivity contribution < 1.29 is 48.0 Å². The van der Waals surface area contributed by atoms with Crippen LogP contribution in [0.5, 0.6) is 0 Å². The summed E-state index contributed by atoms with van der Waals surface area (Å²) in [6.07, 6.45) is -0.716. The van der Waals surface area contributed by atoms with Crippen LogP contribution in [0.3, 0.4) is 0 Å². The second-order valence-corrected chi connectivity index (χ2v) is 11.2. The number of carbonyl (C=O) groups excluding carboxylic acids is 4. The number of rotatable bonds is 3. The Morgan fingerprint density at radius 1 is 1.14 bits per heavy atom. The van der Waals surface area contributed by atoms with Gasteiger partial charge in [0.1, 0.15) is 18.3 Å². The average Bonchev–Trinajstić information content (AvgIpc) is 3.53. The quantitative estimate of drug-likeness (QED) is 0.245. The van der Waals surface area contributed by atoms with Gasteiger partial charge in [0, 0.05) is 26.7 Å². The van der Waals surface area contributed by atoms with Gasteiger partial charge < -0.3 is 28.8 Å². The van der Waals surface area contributed by atoms with Crippen LogP contribution in [0.2, 0.25) is 0 Å². The normalized spacial score (nSPS) is 45.6. The molecule has 10 nitrogen and oxygen atoms in total. The Bertz CT molecular complexity index is 1050. The molecule has 1 saturated carbocycles. The fourth-order valence-corrected chi connectivity index (χ4v) is 6.82. The van der Waals surface area contributed by atoms with E-state index in [2.05, 4.69) is 6.58 Å². The first-order chi connectivity index (χ1) is 17.2. The fraction of sp³-hybridized carbons (Fsp3) is 0.692. The number of fused-ring (bicyclic) bond motifs is 3. The van der Waals surface area contributed by atoms with Gasteiger partial charge in [0.15, 0.2) is 11.7 Å². The van der Waals surface area contributed by atoms with Crippen molar-refractivity contribution in [2.24, 2.45) is 17.3 Å². The van der Waals surface area contributed by atoms with Gasteiger partial charge in [-0.25, -0.2) is 0 Å². The van der Waals surface area contributed by atoms with Crippen LogP contribution in [0.4, 0.5) is 0 Å². The molecule has 4 aliphatic rings. The number of allylic oxidation sites excluding steroid dienone is 1. The van der Waals surface area contributed by atoms with Gasteiger partial charge in [-0.1, -0.05) is 19.6 Å². The molecule has 0 bridgehead atoms. The van der Waals surface area contributed by atoms with E-state index in [1.807, 2.05) is 0 Å². The molecule has 1 N–H and O–H groups in total. The number of aliphatic hydroxyl groups is 1. The summed E-state index contributed by atoms with van der Waals surface area (Å²) in [5.41, 5.74) is -4.05. The van der Waals surface area contributed by atoms with Crippen molar-refractivity contribution >= 4 is 35.5 Å². The molecule has 0 unspecified atom stereocenters. The van der Waals surface area contributed by atoms with E-state index in [0.717, 1.165) is 0 Å². The number of hydrogen-bond acceptors (Lipinski definition) is 10. The first-order valence-corrected chi connectivity index (χ1v) is 12.7. The van der Waals surface area contributed by atoms with Crippen molar-refractivity contribution in [3.05, 3.63) is 24.3 Å². The molecule has 1 spiro atoms. The molecule has 2 heterocycles. The van der Waals surface area contributed by atoms with E-state index < -0.39 is 82.1 Å². The van der Waals surface area contributed by atoms with Gasteiger partial charge in [-0.3, -0.25) is 19.2 Å². The average molecular weight is 541 g/mol. The zero-order valence-corrected chi connectivity index (χ0v) is 22.3. The lowest BCUT2D eigenvalue weighted by atomic mass is 9.53. The van der Waals surface area contributed by atoms with Gasteiger partial charge in [-0.2, -0.15) is 0 Å². The Balaban J connectivity index is 2.04. The van der Waals surface area contributed by atoms with Crippen LogP contribution >= 0.6 is 11.6 Å². The smallest absolute Gasteiger partial charge is 0.312 e. The summed E-state index contributed by atoms with van der Waals surface area (Å²) in [4.78, 5) is 49.9. The zero-order valence-electron chi connectivity index (χ0n) is 21.5. The van der Waals surface area contributed by atoms with Crippen molar-refractivity contribution in [1.82, 2.24) is 0 Å². The van der Waals surface area contributed by atoms with Gasteiger partial charge in [-0.05, 0) is 31.4 Å². The van der Waals surface area contributed by atoms with E-state index >= 15 is 0 Å².